The standard InChI is InChI=1S/C8H11N3O2/c12-8(9-6-2-1-3-6)10-7-4-5-13-11-7/h4-6H,1-3H2,(H2,9,10,11,12). The number of nitrogens with one attached hydrogen (secondary N) is 2. The van der Waals surface area contributed by atoms with Crippen molar-refractivity contribution in [2.75, 3.05) is 5.32 Å². The Morgan fingerprint density at radius 1 is 1.62 bits per heavy atom. The van der Waals surface area contributed by atoms with E-state index >= 15 is 0 Å². The molecule has 1 heterocycles. The van der Waals surface area contributed by atoms with Gasteiger partial charge < -0.3 is 9.84 Å². The van der Waals surface area contributed by atoms with E-state index in [0.29, 0.717) is 11.9 Å². The molecule has 1 aliphatic carbocycles. The fourth-order valence-electron chi connectivity index (χ4n) is 1.17. The van der Waals surface area contributed by atoms with Crippen molar-refractivity contribution < 1.29 is 9.32 Å². The zero-order valence-corrected chi connectivity index (χ0v) is 7.12. The molecule has 0 radical (unpaired) electrons. The van der Waals surface area contributed by atoms with Crippen molar-refractivity contribution in [3.05, 3.63) is 12.3 Å². The third-order valence-corrected chi connectivity index (χ3v) is 2.12. The molecule has 0 unspecified atom stereocenters. The normalized spacial score (nSPS) is 16.3. The van der Waals surface area contributed by atoms with E-state index in [1.807, 2.05) is 0 Å². The molecule has 0 aromatic carbocycles. The predicted octanol–water partition coefficient (Wildman–Crippen LogP) is 1.35. The first kappa shape index (κ1) is 8.10. The highest BCUT2D eigenvalue weighted by molar-refractivity contribution is 5.88. The van der Waals surface area contributed by atoms with Gasteiger partial charge in [0.1, 0.15) is 6.26 Å². The van der Waals surface area contributed by atoms with Crippen molar-refractivity contribution in [1.82, 2.24) is 10.5 Å². The molecule has 0 aliphatic heterocycles. The fraction of sp³-hybridized carbons (Fsp3) is 0.500. The molecule has 1 saturated carbocycles. The second-order valence-electron chi connectivity index (χ2n) is 3.11. The summed E-state index contributed by atoms with van der Waals surface area (Å²) in [6.45, 7) is 0. The molecule has 70 valence electrons. The third kappa shape index (κ3) is 1.99. The Kier molecular flexibility index (Phi) is 2.16. The van der Waals surface area contributed by atoms with Crippen molar-refractivity contribution in [2.45, 2.75) is 25.3 Å². The van der Waals surface area contributed by atoms with E-state index in [0.717, 1.165) is 12.8 Å². The summed E-state index contributed by atoms with van der Waals surface area (Å²) in [4.78, 5) is 11.2. The molecule has 0 spiro atoms. The number of nitrogens with zero attached hydrogens (tertiary/aromatic N) is 1. The number of anilines is 1. The van der Waals surface area contributed by atoms with Crippen LogP contribution in [0.1, 0.15) is 19.3 Å². The lowest BCUT2D eigenvalue weighted by molar-refractivity contribution is 0.239. The second-order valence-corrected chi connectivity index (χ2v) is 3.11. The maximum absolute atomic E-state index is 11.2. The number of carbonyl (C=O) groups excluding carboxylic acids is 1. The first-order valence-corrected chi connectivity index (χ1v) is 4.32. The summed E-state index contributed by atoms with van der Waals surface area (Å²) in [7, 11) is 0. The lowest BCUT2D eigenvalue weighted by atomic mass is 9.93. The van der Waals surface area contributed by atoms with E-state index in [-0.39, 0.29) is 6.03 Å². The van der Waals surface area contributed by atoms with Gasteiger partial charge >= 0.3 is 6.03 Å². The molecule has 13 heavy (non-hydrogen) atoms. The maximum Gasteiger partial charge on any atom is 0.320 e. The van der Waals surface area contributed by atoms with Gasteiger partial charge in [-0.05, 0) is 19.3 Å². The summed E-state index contributed by atoms with van der Waals surface area (Å²) in [5, 5.41) is 8.95. The van der Waals surface area contributed by atoms with Crippen LogP contribution in [-0.2, 0) is 0 Å². The third-order valence-electron chi connectivity index (χ3n) is 2.12. The van der Waals surface area contributed by atoms with E-state index in [9.17, 15) is 4.79 Å². The van der Waals surface area contributed by atoms with Gasteiger partial charge in [0.25, 0.3) is 0 Å². The molecule has 5 heteroatoms. The van der Waals surface area contributed by atoms with Crippen molar-refractivity contribution >= 4 is 11.8 Å². The van der Waals surface area contributed by atoms with Crippen molar-refractivity contribution in [3.8, 4) is 0 Å². The van der Waals surface area contributed by atoms with E-state index in [4.69, 9.17) is 0 Å². The Labute approximate surface area is 75.5 Å². The number of hydrogen-bond donors (Lipinski definition) is 2. The minimum absolute atomic E-state index is 0.210. The summed E-state index contributed by atoms with van der Waals surface area (Å²) in [5.41, 5.74) is 0. The van der Waals surface area contributed by atoms with E-state index in [1.165, 1.54) is 12.7 Å². The first-order valence-electron chi connectivity index (χ1n) is 4.32. The molecular formula is C8H11N3O2. The molecule has 1 aromatic heterocycles. The average Bonchev–Trinajstić information content (AvgIpc) is 2.49. The molecule has 1 aromatic rings. The number of hydrogen-bond acceptors (Lipinski definition) is 3. The zero-order chi connectivity index (χ0) is 9.10. The highest BCUT2D eigenvalue weighted by atomic mass is 16.5. The van der Waals surface area contributed by atoms with Crippen molar-refractivity contribution in [3.63, 3.8) is 0 Å². The van der Waals surface area contributed by atoms with E-state index in [1.54, 1.807) is 6.07 Å². The van der Waals surface area contributed by atoms with Crippen LogP contribution in [0.15, 0.2) is 16.9 Å². The monoisotopic (exact) mass is 181 g/mol. The molecule has 1 fully saturated rings. The van der Waals surface area contributed by atoms with Crippen molar-refractivity contribution in [1.29, 1.82) is 0 Å². The van der Waals surface area contributed by atoms with Gasteiger partial charge in [0, 0.05) is 12.1 Å². The smallest absolute Gasteiger partial charge is 0.320 e. The Morgan fingerprint density at radius 3 is 3.00 bits per heavy atom. The van der Waals surface area contributed by atoms with Crippen LogP contribution in [0.4, 0.5) is 10.6 Å². The molecule has 0 bridgehead atoms. The number of aromatic nitrogens is 1. The summed E-state index contributed by atoms with van der Waals surface area (Å²) < 4.78 is 4.57. The highest BCUT2D eigenvalue weighted by Gasteiger charge is 2.19. The number of amides is 2. The topological polar surface area (TPSA) is 67.2 Å². The Hall–Kier alpha value is -1.52. The van der Waals surface area contributed by atoms with Crippen LogP contribution in [-0.4, -0.2) is 17.2 Å². The molecular weight excluding hydrogens is 170 g/mol. The summed E-state index contributed by atoms with van der Waals surface area (Å²) in [6, 6.07) is 1.73. The SMILES string of the molecule is O=C(Nc1ccon1)NC1CCC1. The number of carbonyl (C=O) groups is 1. The summed E-state index contributed by atoms with van der Waals surface area (Å²) in [5.74, 6) is 0.442. The lowest BCUT2D eigenvalue weighted by Gasteiger charge is -2.25. The molecule has 0 saturated heterocycles. The van der Waals surface area contributed by atoms with E-state index < -0.39 is 0 Å². The van der Waals surface area contributed by atoms with Crippen LogP contribution >= 0.6 is 0 Å². The van der Waals surface area contributed by atoms with Gasteiger partial charge in [-0.25, -0.2) is 4.79 Å². The van der Waals surface area contributed by atoms with E-state index in [2.05, 4.69) is 20.3 Å². The van der Waals surface area contributed by atoms with Crippen LogP contribution < -0.4 is 10.6 Å². The molecule has 2 N–H and O–H groups in total. The number of rotatable bonds is 2. The van der Waals surface area contributed by atoms with Gasteiger partial charge in [-0.3, -0.25) is 5.32 Å². The number of urea groups is 1. The molecule has 0 atom stereocenters. The van der Waals surface area contributed by atoms with Gasteiger partial charge in [0.2, 0.25) is 0 Å². The predicted molar refractivity (Wildman–Crippen MR) is 46.3 cm³/mol. The minimum atomic E-state index is -0.210. The van der Waals surface area contributed by atoms with Crippen LogP contribution in [0.3, 0.4) is 0 Å². The van der Waals surface area contributed by atoms with Crippen LogP contribution in [0.2, 0.25) is 0 Å². The van der Waals surface area contributed by atoms with Gasteiger partial charge in [0.15, 0.2) is 5.82 Å². The quantitative estimate of drug-likeness (QED) is 0.723. The second kappa shape index (κ2) is 3.47. The maximum atomic E-state index is 11.2. The van der Waals surface area contributed by atoms with Gasteiger partial charge in [-0.2, -0.15) is 0 Å². The minimum Gasteiger partial charge on any atom is -0.363 e. The van der Waals surface area contributed by atoms with Crippen LogP contribution in [0.5, 0.6) is 0 Å². The summed E-state index contributed by atoms with van der Waals surface area (Å²) in [6.07, 6.45) is 4.77. The Morgan fingerprint density at radius 2 is 2.46 bits per heavy atom. The van der Waals surface area contributed by atoms with Gasteiger partial charge in [-0.15, -0.1) is 0 Å². The van der Waals surface area contributed by atoms with Crippen LogP contribution in [0, 0.1) is 0 Å². The summed E-state index contributed by atoms with van der Waals surface area (Å²) >= 11 is 0. The van der Waals surface area contributed by atoms with Gasteiger partial charge in [-0.1, -0.05) is 5.16 Å². The van der Waals surface area contributed by atoms with Gasteiger partial charge in [0.05, 0.1) is 0 Å². The highest BCUT2D eigenvalue weighted by Crippen LogP contribution is 2.17. The molecule has 5 nitrogen and oxygen atoms in total. The zero-order valence-electron chi connectivity index (χ0n) is 7.12. The van der Waals surface area contributed by atoms with Crippen molar-refractivity contribution in [2.24, 2.45) is 0 Å². The lowest BCUT2D eigenvalue weighted by Crippen LogP contribution is -2.41. The molecule has 2 amide bonds. The first-order chi connectivity index (χ1) is 6.34. The largest absolute Gasteiger partial charge is 0.363 e. The molecule has 1 aliphatic rings. The van der Waals surface area contributed by atoms with Crippen LogP contribution in [0.25, 0.3) is 0 Å². The Balaban J connectivity index is 1.78. The Bertz CT molecular complexity index is 280. The fourth-order valence-corrected chi connectivity index (χ4v) is 1.17. The molecule has 2 rings (SSSR count). The average molecular weight is 181 g/mol.